The molecule has 0 spiro atoms. The second kappa shape index (κ2) is 15.2. The summed E-state index contributed by atoms with van der Waals surface area (Å²) >= 11 is 1.36. The van der Waals surface area contributed by atoms with Gasteiger partial charge < -0.3 is 30.9 Å². The third kappa shape index (κ3) is 8.69. The van der Waals surface area contributed by atoms with Gasteiger partial charge in [0.25, 0.3) is 0 Å². The van der Waals surface area contributed by atoms with Crippen LogP contribution in [0.5, 0.6) is 0 Å². The number of rotatable bonds is 13. The van der Waals surface area contributed by atoms with E-state index in [0.29, 0.717) is 63.2 Å². The fraction of sp³-hybridized carbons (Fsp3) is 0.586. The molecule has 234 valence electrons. The van der Waals surface area contributed by atoms with E-state index in [1.54, 1.807) is 29.2 Å². The standard InChI is InChI=1S/C29H40N6O7S/c1-18(36)30-17-43-16-21(31-24-11-12-25(37)33-24)27(39)35-14-6-10-23(35)28(40)34-13-5-9-22(34)26(38)32-20(29(41)42)15-19-7-3-2-4-8-19/h2-4,7-8,20-24,31H,5-6,9-17H2,1H3,(H,30,36)(H,32,38)(H,33,37)(H,41,42)/t20-,21-,22-,23-,24-/m0/s1. The van der Waals surface area contributed by atoms with Gasteiger partial charge in [-0.2, -0.15) is 0 Å². The highest BCUT2D eigenvalue weighted by atomic mass is 32.2. The number of benzene rings is 1. The van der Waals surface area contributed by atoms with E-state index in [4.69, 9.17) is 0 Å². The van der Waals surface area contributed by atoms with E-state index in [0.717, 1.165) is 5.56 Å². The minimum atomic E-state index is -1.16. The molecule has 5 amide bonds. The van der Waals surface area contributed by atoms with Crippen molar-refractivity contribution in [3.63, 3.8) is 0 Å². The van der Waals surface area contributed by atoms with Gasteiger partial charge in [-0.25, -0.2) is 4.79 Å². The molecular formula is C29H40N6O7S. The van der Waals surface area contributed by atoms with E-state index >= 15 is 0 Å². The number of hydrogen-bond donors (Lipinski definition) is 5. The van der Waals surface area contributed by atoms with Crippen LogP contribution < -0.4 is 21.3 Å². The van der Waals surface area contributed by atoms with E-state index < -0.39 is 36.0 Å². The maximum absolute atomic E-state index is 13.8. The average molecular weight is 617 g/mol. The van der Waals surface area contributed by atoms with Crippen molar-refractivity contribution in [3.05, 3.63) is 35.9 Å². The molecule has 3 aliphatic heterocycles. The lowest BCUT2D eigenvalue weighted by molar-refractivity contribution is -0.148. The van der Waals surface area contributed by atoms with Gasteiger partial charge in [-0.1, -0.05) is 30.3 Å². The van der Waals surface area contributed by atoms with Gasteiger partial charge in [0.05, 0.1) is 18.1 Å². The Bertz CT molecular complexity index is 1200. The summed E-state index contributed by atoms with van der Waals surface area (Å²) < 4.78 is 0. The Morgan fingerprint density at radius 3 is 2.35 bits per heavy atom. The number of carboxylic acid groups (broad SMARTS) is 1. The van der Waals surface area contributed by atoms with E-state index in [9.17, 15) is 33.9 Å². The molecule has 5 atom stereocenters. The van der Waals surface area contributed by atoms with Gasteiger partial charge in [0.2, 0.25) is 29.5 Å². The highest BCUT2D eigenvalue weighted by Crippen LogP contribution is 2.26. The smallest absolute Gasteiger partial charge is 0.326 e. The first-order chi connectivity index (χ1) is 20.6. The molecule has 3 fully saturated rings. The van der Waals surface area contributed by atoms with Gasteiger partial charge >= 0.3 is 5.97 Å². The molecule has 0 aliphatic carbocycles. The Morgan fingerprint density at radius 1 is 1.00 bits per heavy atom. The van der Waals surface area contributed by atoms with Gasteiger partial charge in [-0.15, -0.1) is 11.8 Å². The predicted octanol–water partition coefficient (Wildman–Crippen LogP) is -0.198. The Labute approximate surface area is 254 Å². The zero-order valence-electron chi connectivity index (χ0n) is 24.3. The SMILES string of the molecule is CC(=O)NCSC[C@H](N[C@@H]1CCC(=O)N1)C(=O)N1CCC[C@H]1C(=O)N1CCC[C@H]1C(=O)N[C@@H](Cc1ccccc1)C(=O)O. The van der Waals surface area contributed by atoms with Crippen LogP contribution in [0.2, 0.25) is 0 Å². The molecule has 13 nitrogen and oxygen atoms in total. The molecule has 4 rings (SSSR count). The fourth-order valence-corrected chi connectivity index (χ4v) is 6.70. The minimum absolute atomic E-state index is 0.101. The molecule has 3 aliphatic rings. The molecule has 14 heteroatoms. The van der Waals surface area contributed by atoms with Crippen LogP contribution in [0.3, 0.4) is 0 Å². The zero-order chi connectivity index (χ0) is 30.9. The molecule has 0 radical (unpaired) electrons. The van der Waals surface area contributed by atoms with Crippen LogP contribution in [-0.4, -0.2) is 105 Å². The number of carbonyl (C=O) groups is 6. The van der Waals surface area contributed by atoms with Crippen LogP contribution in [0, 0.1) is 0 Å². The zero-order valence-corrected chi connectivity index (χ0v) is 25.1. The molecule has 0 bridgehead atoms. The predicted molar refractivity (Wildman–Crippen MR) is 158 cm³/mol. The summed E-state index contributed by atoms with van der Waals surface area (Å²) in [6.07, 6.45) is 2.70. The lowest BCUT2D eigenvalue weighted by atomic mass is 10.1. The number of hydrogen-bond acceptors (Lipinski definition) is 8. The van der Waals surface area contributed by atoms with Crippen LogP contribution in [0.15, 0.2) is 30.3 Å². The molecule has 1 aromatic carbocycles. The lowest BCUT2D eigenvalue weighted by Crippen LogP contribution is -2.58. The minimum Gasteiger partial charge on any atom is -0.480 e. The molecule has 3 heterocycles. The second-order valence-electron chi connectivity index (χ2n) is 11.1. The fourth-order valence-electron chi connectivity index (χ4n) is 5.80. The van der Waals surface area contributed by atoms with Crippen molar-refractivity contribution in [1.82, 2.24) is 31.1 Å². The third-order valence-corrected chi connectivity index (χ3v) is 8.88. The summed E-state index contributed by atoms with van der Waals surface area (Å²) in [6.45, 7) is 2.13. The van der Waals surface area contributed by atoms with Crippen molar-refractivity contribution in [2.45, 2.75) is 82.2 Å². The number of aliphatic carboxylic acids is 1. The summed E-state index contributed by atoms with van der Waals surface area (Å²) in [5, 5.41) is 21.1. The van der Waals surface area contributed by atoms with Gasteiger partial charge in [0, 0.05) is 38.6 Å². The normalized spacial score (nSPS) is 23.0. The molecule has 43 heavy (non-hydrogen) atoms. The highest BCUT2D eigenvalue weighted by molar-refractivity contribution is 7.99. The largest absolute Gasteiger partial charge is 0.480 e. The maximum Gasteiger partial charge on any atom is 0.326 e. The Hall–Kier alpha value is -3.65. The summed E-state index contributed by atoms with van der Waals surface area (Å²) in [7, 11) is 0. The monoisotopic (exact) mass is 616 g/mol. The molecular weight excluding hydrogens is 576 g/mol. The number of likely N-dealkylation sites (tertiary alicyclic amines) is 2. The first-order valence-corrected chi connectivity index (χ1v) is 15.8. The summed E-state index contributed by atoms with van der Waals surface area (Å²) in [5.41, 5.74) is 0.769. The van der Waals surface area contributed by atoms with E-state index in [1.165, 1.54) is 23.6 Å². The molecule has 0 aromatic heterocycles. The number of carbonyl (C=O) groups excluding carboxylic acids is 5. The van der Waals surface area contributed by atoms with Crippen molar-refractivity contribution in [3.8, 4) is 0 Å². The van der Waals surface area contributed by atoms with Crippen LogP contribution in [0.1, 0.15) is 51.0 Å². The average Bonchev–Trinajstić information content (AvgIpc) is 3.75. The van der Waals surface area contributed by atoms with Gasteiger partial charge in [0.15, 0.2) is 0 Å². The van der Waals surface area contributed by atoms with Crippen molar-refractivity contribution < 1.29 is 33.9 Å². The first kappa shape index (κ1) is 32.3. The number of thioether (sulfide) groups is 1. The number of carboxylic acids is 1. The summed E-state index contributed by atoms with van der Waals surface area (Å²) in [4.78, 5) is 79.0. The molecule has 3 saturated heterocycles. The molecule has 0 unspecified atom stereocenters. The van der Waals surface area contributed by atoms with Gasteiger partial charge in [-0.3, -0.25) is 29.3 Å². The summed E-state index contributed by atoms with van der Waals surface area (Å²) in [5.74, 6) is -1.93. The number of nitrogens with zero attached hydrogens (tertiary/aromatic N) is 2. The highest BCUT2D eigenvalue weighted by Gasteiger charge is 2.44. The number of amides is 5. The van der Waals surface area contributed by atoms with Crippen LogP contribution in [-0.2, 0) is 35.2 Å². The van der Waals surface area contributed by atoms with Crippen molar-refractivity contribution in [1.29, 1.82) is 0 Å². The first-order valence-electron chi connectivity index (χ1n) is 14.7. The van der Waals surface area contributed by atoms with E-state index in [1.807, 2.05) is 6.07 Å². The maximum atomic E-state index is 13.8. The Balaban J connectivity index is 1.42. The van der Waals surface area contributed by atoms with Gasteiger partial charge in [0.1, 0.15) is 18.1 Å². The van der Waals surface area contributed by atoms with Crippen LogP contribution in [0.25, 0.3) is 0 Å². The molecule has 0 saturated carbocycles. The Kier molecular flexibility index (Phi) is 11.4. The van der Waals surface area contributed by atoms with E-state index in [-0.39, 0.29) is 36.2 Å². The Morgan fingerprint density at radius 2 is 1.70 bits per heavy atom. The number of nitrogens with one attached hydrogen (secondary N) is 4. The van der Waals surface area contributed by atoms with Crippen molar-refractivity contribution in [2.24, 2.45) is 0 Å². The third-order valence-electron chi connectivity index (χ3n) is 7.96. The molecule has 5 N–H and O–H groups in total. The van der Waals surface area contributed by atoms with Crippen LogP contribution in [0.4, 0.5) is 0 Å². The van der Waals surface area contributed by atoms with Crippen molar-refractivity contribution in [2.75, 3.05) is 24.7 Å². The van der Waals surface area contributed by atoms with Gasteiger partial charge in [-0.05, 0) is 37.7 Å². The topological polar surface area (TPSA) is 177 Å². The lowest BCUT2D eigenvalue weighted by Gasteiger charge is -2.33. The van der Waals surface area contributed by atoms with Crippen LogP contribution >= 0.6 is 11.8 Å². The van der Waals surface area contributed by atoms with E-state index in [2.05, 4.69) is 21.3 Å². The quantitative estimate of drug-likeness (QED) is 0.148. The molecule has 1 aromatic rings. The van der Waals surface area contributed by atoms with Crippen molar-refractivity contribution >= 4 is 47.3 Å². The summed E-state index contributed by atoms with van der Waals surface area (Å²) in [6, 6.07) is 5.59. The second-order valence-corrected chi connectivity index (χ2v) is 12.1.